The van der Waals surface area contributed by atoms with Gasteiger partial charge >= 0.3 is 12.7 Å². The van der Waals surface area contributed by atoms with Crippen LogP contribution in [0.4, 0.5) is 38.1 Å². The van der Waals surface area contributed by atoms with Gasteiger partial charge in [-0.25, -0.2) is 18.0 Å². The second-order valence-corrected chi connectivity index (χ2v) is 7.94. The Morgan fingerprint density at radius 2 is 1.74 bits per heavy atom. The largest absolute Gasteiger partial charge is 0.442 e. The van der Waals surface area contributed by atoms with Crippen LogP contribution < -0.4 is 20.3 Å². The average Bonchev–Trinajstić information content (AvgIpc) is 2.70. The van der Waals surface area contributed by atoms with E-state index in [1.165, 1.54) is 4.90 Å². The topological polar surface area (TPSA) is 97.0 Å². The highest BCUT2D eigenvalue weighted by Gasteiger charge is 2.35. The van der Waals surface area contributed by atoms with Crippen LogP contribution in [0, 0.1) is 17.5 Å². The number of nitrogens with one attached hydrogen (secondary N) is 2. The Morgan fingerprint density at radius 1 is 1.06 bits per heavy atom. The van der Waals surface area contributed by atoms with E-state index in [0.29, 0.717) is 0 Å². The summed E-state index contributed by atoms with van der Waals surface area (Å²) in [7, 11) is 0. The Hall–Kier alpha value is -3.90. The molecule has 2 heterocycles. The molecule has 0 aliphatic carbocycles. The predicted octanol–water partition coefficient (Wildman–Crippen LogP) is 3.66. The lowest BCUT2D eigenvalue weighted by Crippen LogP contribution is -2.53. The van der Waals surface area contributed by atoms with Crippen LogP contribution in [0.5, 0.6) is 5.75 Å². The first-order valence-electron chi connectivity index (χ1n) is 10.4. The number of halogens is 5. The number of nitrogens with zero attached hydrogens (tertiary/aromatic N) is 1. The number of hydrogen-bond acceptors (Lipinski definition) is 6. The van der Waals surface area contributed by atoms with Crippen molar-refractivity contribution in [1.82, 2.24) is 5.32 Å². The van der Waals surface area contributed by atoms with Gasteiger partial charge in [-0.3, -0.25) is 20.2 Å². The normalized spacial score (nSPS) is 18.2. The zero-order valence-electron chi connectivity index (χ0n) is 17.8. The van der Waals surface area contributed by atoms with E-state index in [2.05, 4.69) is 15.4 Å². The standard InChI is InChI=1S/C22H18F5N3O5/c23-10-3-11(5-13(4-10)34-21(26)27)28-22(33)35-14-8-30(9-14)12-6-16(24)19(17(25)7-12)15-1-2-18(31)29-20(15)32/h3-7,14-15,21H,1-2,8-9H2,(H,28,33)(H,29,31,32). The highest BCUT2D eigenvalue weighted by molar-refractivity contribution is 6.01. The lowest BCUT2D eigenvalue weighted by atomic mass is 9.89. The second kappa shape index (κ2) is 9.76. The van der Waals surface area contributed by atoms with E-state index in [1.54, 1.807) is 0 Å². The van der Waals surface area contributed by atoms with Gasteiger partial charge in [-0.05, 0) is 24.6 Å². The van der Waals surface area contributed by atoms with Crippen LogP contribution in [0.2, 0.25) is 0 Å². The van der Waals surface area contributed by atoms with Gasteiger partial charge in [0.1, 0.15) is 29.3 Å². The molecule has 8 nitrogen and oxygen atoms in total. The fraction of sp³-hybridized carbons (Fsp3) is 0.318. The monoisotopic (exact) mass is 499 g/mol. The molecule has 2 aromatic rings. The molecular formula is C22H18F5N3O5. The quantitative estimate of drug-likeness (QED) is 0.465. The van der Waals surface area contributed by atoms with E-state index in [4.69, 9.17) is 4.74 Å². The van der Waals surface area contributed by atoms with Crippen LogP contribution in [0.15, 0.2) is 30.3 Å². The van der Waals surface area contributed by atoms with E-state index >= 15 is 0 Å². The first-order chi connectivity index (χ1) is 16.6. The minimum atomic E-state index is -3.18. The molecule has 0 bridgehead atoms. The number of hydrogen-bond donors (Lipinski definition) is 2. The average molecular weight is 499 g/mol. The number of anilines is 2. The molecule has 2 aliphatic heterocycles. The Balaban J connectivity index is 1.34. The third kappa shape index (κ3) is 5.61. The van der Waals surface area contributed by atoms with E-state index in [9.17, 15) is 36.3 Å². The first kappa shape index (κ1) is 24.2. The van der Waals surface area contributed by atoms with Gasteiger partial charge in [0.15, 0.2) is 0 Å². The predicted molar refractivity (Wildman–Crippen MR) is 111 cm³/mol. The fourth-order valence-electron chi connectivity index (χ4n) is 3.88. The summed E-state index contributed by atoms with van der Waals surface area (Å²) in [5, 5.41) is 4.25. The number of amides is 3. The van der Waals surface area contributed by atoms with Gasteiger partial charge in [0.2, 0.25) is 11.8 Å². The summed E-state index contributed by atoms with van der Waals surface area (Å²) >= 11 is 0. The van der Waals surface area contributed by atoms with Crippen molar-refractivity contribution in [1.29, 1.82) is 0 Å². The highest BCUT2D eigenvalue weighted by Crippen LogP contribution is 2.33. The van der Waals surface area contributed by atoms with Gasteiger partial charge in [0.25, 0.3) is 0 Å². The molecule has 3 amide bonds. The molecule has 2 fully saturated rings. The number of carbonyl (C=O) groups is 3. The SMILES string of the molecule is O=C1CCC(c2c(F)cc(N3CC(OC(=O)Nc4cc(F)cc(OC(F)F)c4)C3)cc2F)C(=O)N1. The van der Waals surface area contributed by atoms with Crippen molar-refractivity contribution in [3.63, 3.8) is 0 Å². The van der Waals surface area contributed by atoms with E-state index < -0.39 is 65.3 Å². The van der Waals surface area contributed by atoms with Crippen molar-refractivity contribution in [3.8, 4) is 5.75 Å². The van der Waals surface area contributed by atoms with E-state index in [1.807, 2.05) is 0 Å². The van der Waals surface area contributed by atoms with Gasteiger partial charge in [-0.2, -0.15) is 8.78 Å². The first-order valence-corrected chi connectivity index (χ1v) is 10.4. The second-order valence-electron chi connectivity index (χ2n) is 7.94. The van der Waals surface area contributed by atoms with Crippen molar-refractivity contribution in [2.75, 3.05) is 23.3 Å². The Bertz CT molecular complexity index is 1150. The molecule has 0 saturated carbocycles. The number of carbonyl (C=O) groups excluding carboxylic acids is 3. The summed E-state index contributed by atoms with van der Waals surface area (Å²) in [6, 6.07) is 4.68. The van der Waals surface area contributed by atoms with Crippen molar-refractivity contribution in [2.45, 2.75) is 31.5 Å². The fourth-order valence-corrected chi connectivity index (χ4v) is 3.88. The van der Waals surface area contributed by atoms with Gasteiger partial charge in [-0.15, -0.1) is 0 Å². The molecule has 0 aromatic heterocycles. The van der Waals surface area contributed by atoms with Gasteiger partial charge in [0, 0.05) is 29.8 Å². The van der Waals surface area contributed by atoms with Crippen molar-refractivity contribution >= 4 is 29.3 Å². The van der Waals surface area contributed by atoms with Crippen LogP contribution in [0.1, 0.15) is 24.3 Å². The lowest BCUT2D eigenvalue weighted by molar-refractivity contribution is -0.134. The van der Waals surface area contributed by atoms with Crippen molar-refractivity contribution < 1.29 is 45.8 Å². The summed E-state index contributed by atoms with van der Waals surface area (Å²) in [5.41, 5.74) is -0.429. The number of alkyl halides is 2. The van der Waals surface area contributed by atoms with Crippen molar-refractivity contribution in [2.24, 2.45) is 0 Å². The minimum Gasteiger partial charge on any atom is -0.442 e. The van der Waals surface area contributed by atoms with Gasteiger partial charge < -0.3 is 14.4 Å². The highest BCUT2D eigenvalue weighted by atomic mass is 19.3. The van der Waals surface area contributed by atoms with Crippen LogP contribution in [0.25, 0.3) is 0 Å². The summed E-state index contributed by atoms with van der Waals surface area (Å²) in [4.78, 5) is 36.8. The molecule has 2 aliphatic rings. The van der Waals surface area contributed by atoms with Crippen LogP contribution in [0.3, 0.4) is 0 Å². The maximum Gasteiger partial charge on any atom is 0.412 e. The maximum atomic E-state index is 14.7. The van der Waals surface area contributed by atoms with Crippen molar-refractivity contribution in [3.05, 3.63) is 53.3 Å². The summed E-state index contributed by atoms with van der Waals surface area (Å²) in [5.74, 6) is -5.67. The summed E-state index contributed by atoms with van der Waals surface area (Å²) in [6.45, 7) is -3.00. The molecule has 2 N–H and O–H groups in total. The molecule has 4 rings (SSSR count). The Morgan fingerprint density at radius 3 is 2.37 bits per heavy atom. The maximum absolute atomic E-state index is 14.7. The van der Waals surface area contributed by atoms with Crippen LogP contribution in [-0.4, -0.2) is 43.7 Å². The molecule has 2 aromatic carbocycles. The molecule has 35 heavy (non-hydrogen) atoms. The Labute approximate surface area is 195 Å². The molecule has 186 valence electrons. The van der Waals surface area contributed by atoms with Crippen LogP contribution in [-0.2, 0) is 14.3 Å². The third-order valence-corrected chi connectivity index (χ3v) is 5.48. The molecule has 1 atom stereocenters. The molecule has 0 radical (unpaired) electrons. The lowest BCUT2D eigenvalue weighted by Gasteiger charge is -2.40. The third-order valence-electron chi connectivity index (χ3n) is 5.48. The molecule has 0 spiro atoms. The summed E-state index contributed by atoms with van der Waals surface area (Å²) in [6.07, 6.45) is -1.69. The number of piperidine rings is 1. The number of imide groups is 1. The van der Waals surface area contributed by atoms with E-state index in [-0.39, 0.29) is 37.3 Å². The summed E-state index contributed by atoms with van der Waals surface area (Å²) < 4.78 is 76.7. The van der Waals surface area contributed by atoms with Gasteiger partial charge in [0.05, 0.1) is 24.7 Å². The Kier molecular flexibility index (Phi) is 6.76. The van der Waals surface area contributed by atoms with E-state index in [0.717, 1.165) is 30.3 Å². The number of benzene rings is 2. The minimum absolute atomic E-state index is 0.00629. The molecule has 1 unspecified atom stereocenters. The zero-order valence-corrected chi connectivity index (χ0v) is 17.8. The smallest absolute Gasteiger partial charge is 0.412 e. The number of rotatable bonds is 6. The van der Waals surface area contributed by atoms with Crippen LogP contribution >= 0.6 is 0 Å². The van der Waals surface area contributed by atoms with Gasteiger partial charge in [-0.1, -0.05) is 0 Å². The molecular weight excluding hydrogens is 481 g/mol. The molecule has 2 saturated heterocycles. The number of ether oxygens (including phenoxy) is 2. The molecule has 13 heteroatoms. The zero-order chi connectivity index (χ0) is 25.3.